The van der Waals surface area contributed by atoms with Crippen LogP contribution in [0, 0.1) is 23.7 Å². The van der Waals surface area contributed by atoms with Gasteiger partial charge in [-0.2, -0.15) is 0 Å². The lowest BCUT2D eigenvalue weighted by Crippen LogP contribution is -2.38. The molecule has 2 bridgehead atoms. The average Bonchev–Trinajstić information content (AvgIpc) is 3.02. The smallest absolute Gasteiger partial charge is 0.256 e. The van der Waals surface area contributed by atoms with Crippen LogP contribution in [0.5, 0.6) is 0 Å². The molecule has 2 heterocycles. The number of amides is 3. The molecule has 4 aliphatic rings. The Morgan fingerprint density at radius 1 is 0.929 bits per heavy atom. The third-order valence-electron chi connectivity index (χ3n) is 6.05. The van der Waals surface area contributed by atoms with Crippen LogP contribution in [0.25, 0.3) is 0 Å². The van der Waals surface area contributed by atoms with E-state index in [0.29, 0.717) is 17.1 Å². The number of imide groups is 1. The molecule has 0 radical (unpaired) electrons. The van der Waals surface area contributed by atoms with Gasteiger partial charge in [0.2, 0.25) is 11.8 Å². The van der Waals surface area contributed by atoms with E-state index < -0.39 is 0 Å². The first-order valence-electron chi connectivity index (χ1n) is 9.52. The van der Waals surface area contributed by atoms with E-state index in [2.05, 4.69) is 22.5 Å². The Hall–Kier alpha value is -3.28. The van der Waals surface area contributed by atoms with Gasteiger partial charge < -0.3 is 5.32 Å². The van der Waals surface area contributed by atoms with Crippen LogP contribution in [0.15, 0.2) is 60.8 Å². The third-order valence-corrected chi connectivity index (χ3v) is 6.05. The molecule has 1 N–H and O–H groups in total. The number of carbonyl (C=O) groups is 3. The summed E-state index contributed by atoms with van der Waals surface area (Å²) in [6, 6.07) is 11.8. The Morgan fingerprint density at radius 3 is 2.11 bits per heavy atom. The van der Waals surface area contributed by atoms with Crippen molar-refractivity contribution < 1.29 is 14.4 Å². The molecule has 4 unspecified atom stereocenters. The fourth-order valence-corrected chi connectivity index (χ4v) is 4.72. The average molecular weight is 373 g/mol. The largest absolute Gasteiger partial charge is 0.307 e. The molecular formula is C22H19N3O3. The van der Waals surface area contributed by atoms with Gasteiger partial charge in [0.1, 0.15) is 5.82 Å². The number of anilines is 2. The van der Waals surface area contributed by atoms with Gasteiger partial charge in [-0.3, -0.25) is 19.3 Å². The number of hydrogen-bond acceptors (Lipinski definition) is 4. The highest BCUT2D eigenvalue weighted by Gasteiger charge is 2.56. The highest BCUT2D eigenvalue weighted by molar-refractivity contribution is 6.22. The standard InChI is InChI=1S/C22H19N3O3/c26-20(24-17-3-1-2-12-23-17)15-8-10-16(11-9-15)25-21(27)18-13-4-5-14(7-6-13)19(18)22(25)28/h1-5,8-14,18-19H,6-7H2,(H,23,24,26). The molecule has 28 heavy (non-hydrogen) atoms. The zero-order valence-corrected chi connectivity index (χ0v) is 15.1. The van der Waals surface area contributed by atoms with Crippen LogP contribution in [-0.4, -0.2) is 22.7 Å². The molecule has 1 aromatic carbocycles. The van der Waals surface area contributed by atoms with E-state index >= 15 is 0 Å². The van der Waals surface area contributed by atoms with Crippen molar-refractivity contribution in [2.75, 3.05) is 10.2 Å². The van der Waals surface area contributed by atoms with Gasteiger partial charge in [0, 0.05) is 11.8 Å². The van der Waals surface area contributed by atoms with E-state index in [1.165, 1.54) is 4.90 Å². The van der Waals surface area contributed by atoms with Crippen molar-refractivity contribution in [1.82, 2.24) is 4.98 Å². The summed E-state index contributed by atoms with van der Waals surface area (Å²) in [4.78, 5) is 43.7. The number of aromatic nitrogens is 1. The van der Waals surface area contributed by atoms with E-state index in [4.69, 9.17) is 0 Å². The van der Waals surface area contributed by atoms with Crippen LogP contribution in [-0.2, 0) is 9.59 Å². The molecule has 3 aliphatic carbocycles. The lowest BCUT2D eigenvalue weighted by molar-refractivity contribution is -0.124. The van der Waals surface area contributed by atoms with Crippen LogP contribution in [0.3, 0.4) is 0 Å². The van der Waals surface area contributed by atoms with E-state index in [9.17, 15) is 14.4 Å². The molecule has 6 rings (SSSR count). The predicted octanol–water partition coefficient (Wildman–Crippen LogP) is 3.04. The van der Waals surface area contributed by atoms with Gasteiger partial charge in [-0.05, 0) is 61.1 Å². The van der Waals surface area contributed by atoms with Gasteiger partial charge in [0.05, 0.1) is 17.5 Å². The number of nitrogens with zero attached hydrogens (tertiary/aromatic N) is 2. The zero-order valence-electron chi connectivity index (χ0n) is 15.1. The summed E-state index contributed by atoms with van der Waals surface area (Å²) in [6.45, 7) is 0. The molecule has 2 fully saturated rings. The van der Waals surface area contributed by atoms with Crippen LogP contribution in [0.1, 0.15) is 23.2 Å². The minimum Gasteiger partial charge on any atom is -0.307 e. The normalized spacial score (nSPS) is 27.8. The Bertz CT molecular complexity index is 952. The predicted molar refractivity (Wildman–Crippen MR) is 103 cm³/mol. The lowest BCUT2D eigenvalue weighted by Gasteiger charge is -2.38. The minimum absolute atomic E-state index is 0.111. The van der Waals surface area contributed by atoms with Gasteiger partial charge in [-0.1, -0.05) is 18.2 Å². The Kier molecular flexibility index (Phi) is 3.86. The van der Waals surface area contributed by atoms with Gasteiger partial charge in [0.25, 0.3) is 5.91 Å². The van der Waals surface area contributed by atoms with Crippen molar-refractivity contribution >= 4 is 29.2 Å². The number of allylic oxidation sites excluding steroid dienone is 2. The highest BCUT2D eigenvalue weighted by Crippen LogP contribution is 2.50. The maximum Gasteiger partial charge on any atom is 0.256 e. The van der Waals surface area contributed by atoms with Crippen molar-refractivity contribution in [2.24, 2.45) is 23.7 Å². The topological polar surface area (TPSA) is 79.4 Å². The molecule has 1 aliphatic heterocycles. The molecule has 3 amide bonds. The van der Waals surface area contributed by atoms with E-state index in [0.717, 1.165) is 12.8 Å². The monoisotopic (exact) mass is 373 g/mol. The minimum atomic E-state index is -0.291. The highest BCUT2D eigenvalue weighted by atomic mass is 16.2. The molecule has 1 aromatic heterocycles. The SMILES string of the molecule is O=C(Nc1ccccn1)c1ccc(N2C(=O)C3C4C=CC(CC4)C3C2=O)cc1. The maximum absolute atomic E-state index is 13.0. The summed E-state index contributed by atoms with van der Waals surface area (Å²) in [5, 5.41) is 2.72. The maximum atomic E-state index is 13.0. The molecule has 1 saturated carbocycles. The van der Waals surface area contributed by atoms with Crippen LogP contribution < -0.4 is 10.2 Å². The fraction of sp³-hybridized carbons (Fsp3) is 0.273. The van der Waals surface area contributed by atoms with Crippen molar-refractivity contribution in [3.05, 3.63) is 66.4 Å². The first-order valence-corrected chi connectivity index (χ1v) is 9.52. The number of pyridine rings is 1. The van der Waals surface area contributed by atoms with E-state index in [1.54, 1.807) is 48.7 Å². The molecule has 6 nitrogen and oxygen atoms in total. The van der Waals surface area contributed by atoms with Crippen molar-refractivity contribution in [1.29, 1.82) is 0 Å². The van der Waals surface area contributed by atoms with Crippen molar-refractivity contribution in [2.45, 2.75) is 12.8 Å². The van der Waals surface area contributed by atoms with E-state index in [-0.39, 0.29) is 41.4 Å². The van der Waals surface area contributed by atoms with Crippen LogP contribution >= 0.6 is 0 Å². The third kappa shape index (κ3) is 2.56. The number of fused-ring (bicyclic) bond motifs is 1. The van der Waals surface area contributed by atoms with Crippen LogP contribution in [0.4, 0.5) is 11.5 Å². The second kappa shape index (κ2) is 6.41. The van der Waals surface area contributed by atoms with E-state index in [1.807, 2.05) is 0 Å². The van der Waals surface area contributed by atoms with Gasteiger partial charge in [-0.25, -0.2) is 4.98 Å². The molecule has 0 spiro atoms. The van der Waals surface area contributed by atoms with Gasteiger partial charge in [-0.15, -0.1) is 0 Å². The first kappa shape index (κ1) is 16.9. The summed E-state index contributed by atoms with van der Waals surface area (Å²) in [7, 11) is 0. The summed E-state index contributed by atoms with van der Waals surface area (Å²) in [6.07, 6.45) is 7.76. The molecule has 2 aromatic rings. The first-order chi connectivity index (χ1) is 13.6. The summed E-state index contributed by atoms with van der Waals surface area (Å²) in [5.41, 5.74) is 0.964. The fourth-order valence-electron chi connectivity index (χ4n) is 4.72. The quantitative estimate of drug-likeness (QED) is 0.662. The summed E-state index contributed by atoms with van der Waals surface area (Å²) in [5.74, 6) is -0.181. The molecule has 1 saturated heterocycles. The Morgan fingerprint density at radius 2 is 1.57 bits per heavy atom. The number of carbonyl (C=O) groups excluding carboxylic acids is 3. The summed E-state index contributed by atoms with van der Waals surface area (Å²) < 4.78 is 0. The Balaban J connectivity index is 1.37. The second-order valence-electron chi connectivity index (χ2n) is 7.57. The zero-order chi connectivity index (χ0) is 19.3. The molecular weight excluding hydrogens is 354 g/mol. The second-order valence-corrected chi connectivity index (χ2v) is 7.57. The number of hydrogen-bond donors (Lipinski definition) is 1. The van der Waals surface area contributed by atoms with Crippen LogP contribution in [0.2, 0.25) is 0 Å². The molecule has 140 valence electrons. The van der Waals surface area contributed by atoms with Crippen molar-refractivity contribution in [3.8, 4) is 0 Å². The van der Waals surface area contributed by atoms with Gasteiger partial charge in [0.15, 0.2) is 0 Å². The lowest BCUT2D eigenvalue weighted by atomic mass is 9.63. The van der Waals surface area contributed by atoms with Crippen molar-refractivity contribution in [3.63, 3.8) is 0 Å². The summed E-state index contributed by atoms with van der Waals surface area (Å²) >= 11 is 0. The number of benzene rings is 1. The Labute approximate surface area is 162 Å². The number of nitrogens with one attached hydrogen (secondary N) is 1. The number of rotatable bonds is 3. The van der Waals surface area contributed by atoms with Gasteiger partial charge >= 0.3 is 0 Å². The molecule has 4 atom stereocenters. The molecule has 6 heteroatoms.